The van der Waals surface area contributed by atoms with Crippen LogP contribution in [0.25, 0.3) is 76.8 Å². The molecule has 50 heavy (non-hydrogen) atoms. The van der Waals surface area contributed by atoms with Gasteiger partial charge in [-0.3, -0.25) is 0 Å². The Bertz CT molecular complexity index is 2770. The lowest BCUT2D eigenvalue weighted by atomic mass is 9.97. The van der Waals surface area contributed by atoms with E-state index in [1.54, 1.807) is 0 Å². The van der Waals surface area contributed by atoms with E-state index in [1.807, 2.05) is 12.1 Å². The first kappa shape index (κ1) is 28.3. The van der Waals surface area contributed by atoms with Crippen LogP contribution in [0.5, 0.6) is 0 Å². The minimum absolute atomic E-state index is 0.790. The third-order valence-electron chi connectivity index (χ3n) is 9.80. The van der Waals surface area contributed by atoms with E-state index < -0.39 is 0 Å². The first-order chi connectivity index (χ1) is 24.8. The molecular formula is C47H30N2O. The average molecular weight is 639 g/mol. The van der Waals surface area contributed by atoms with Crippen molar-refractivity contribution in [3.8, 4) is 22.3 Å². The fourth-order valence-electron chi connectivity index (χ4n) is 7.44. The van der Waals surface area contributed by atoms with Gasteiger partial charge in [-0.2, -0.15) is 0 Å². The molecule has 2 aromatic heterocycles. The maximum atomic E-state index is 6.52. The molecule has 0 aliphatic carbocycles. The van der Waals surface area contributed by atoms with E-state index >= 15 is 0 Å². The summed E-state index contributed by atoms with van der Waals surface area (Å²) in [6.45, 7) is 0. The molecule has 0 aliphatic rings. The Kier molecular flexibility index (Phi) is 6.49. The van der Waals surface area contributed by atoms with Crippen LogP contribution in [-0.4, -0.2) is 4.98 Å². The summed E-state index contributed by atoms with van der Waals surface area (Å²) >= 11 is 0. The van der Waals surface area contributed by atoms with Crippen molar-refractivity contribution < 1.29 is 4.42 Å². The van der Waals surface area contributed by atoms with Crippen LogP contribution in [0.4, 0.5) is 17.1 Å². The third-order valence-corrected chi connectivity index (χ3v) is 9.80. The van der Waals surface area contributed by atoms with Gasteiger partial charge in [-0.15, -0.1) is 0 Å². The molecule has 0 bridgehead atoms. The molecule has 0 atom stereocenters. The van der Waals surface area contributed by atoms with Crippen molar-refractivity contribution in [3.05, 3.63) is 182 Å². The largest absolute Gasteiger partial charge is 0.454 e. The topological polar surface area (TPSA) is 29.3 Å². The number of furan rings is 1. The van der Waals surface area contributed by atoms with Gasteiger partial charge in [-0.25, -0.2) is 4.98 Å². The number of pyridine rings is 1. The normalized spacial score (nSPS) is 11.6. The van der Waals surface area contributed by atoms with Crippen molar-refractivity contribution in [1.29, 1.82) is 0 Å². The van der Waals surface area contributed by atoms with Gasteiger partial charge >= 0.3 is 0 Å². The van der Waals surface area contributed by atoms with Gasteiger partial charge in [0.1, 0.15) is 11.1 Å². The fraction of sp³-hybridized carbons (Fsp3) is 0. The molecule has 0 aliphatic heterocycles. The SMILES string of the molecule is c1cc(-c2cccc3ccccc23)cc(N(c2cccc(-c3cccc4ccccc34)c2)c2ccc3c(c2)oc2cc4ccccc4nc23)c1. The van der Waals surface area contributed by atoms with Crippen molar-refractivity contribution in [1.82, 2.24) is 4.98 Å². The lowest BCUT2D eigenvalue weighted by Crippen LogP contribution is -2.10. The summed E-state index contributed by atoms with van der Waals surface area (Å²) in [6.07, 6.45) is 0. The van der Waals surface area contributed by atoms with Gasteiger partial charge in [-0.1, -0.05) is 127 Å². The van der Waals surface area contributed by atoms with Gasteiger partial charge in [0.25, 0.3) is 0 Å². The van der Waals surface area contributed by atoms with E-state index in [1.165, 1.54) is 32.7 Å². The Morgan fingerprint density at radius 3 is 1.58 bits per heavy atom. The van der Waals surface area contributed by atoms with E-state index in [0.717, 1.165) is 61.2 Å². The second-order valence-electron chi connectivity index (χ2n) is 12.8. The van der Waals surface area contributed by atoms with Crippen molar-refractivity contribution >= 4 is 71.6 Å². The quantitative estimate of drug-likeness (QED) is 0.188. The number of benzene rings is 8. The number of hydrogen-bond acceptors (Lipinski definition) is 3. The van der Waals surface area contributed by atoms with Crippen molar-refractivity contribution in [2.75, 3.05) is 4.90 Å². The highest BCUT2D eigenvalue weighted by molar-refractivity contribution is 6.07. The lowest BCUT2D eigenvalue weighted by molar-refractivity contribution is 0.669. The van der Waals surface area contributed by atoms with Gasteiger partial charge < -0.3 is 9.32 Å². The molecule has 3 heteroatoms. The van der Waals surface area contributed by atoms with Gasteiger partial charge in [0.2, 0.25) is 0 Å². The molecule has 8 aromatic carbocycles. The minimum atomic E-state index is 0.790. The van der Waals surface area contributed by atoms with Crippen LogP contribution < -0.4 is 4.90 Å². The molecule has 0 spiro atoms. The van der Waals surface area contributed by atoms with E-state index in [0.29, 0.717) is 0 Å². The Balaban J connectivity index is 1.17. The summed E-state index contributed by atoms with van der Waals surface area (Å²) < 4.78 is 6.52. The molecule has 0 unspecified atom stereocenters. The number of para-hydroxylation sites is 1. The summed E-state index contributed by atoms with van der Waals surface area (Å²) in [5.74, 6) is 0. The molecule has 10 aromatic rings. The summed E-state index contributed by atoms with van der Waals surface area (Å²) in [7, 11) is 0. The third kappa shape index (κ3) is 4.71. The average Bonchev–Trinajstić information content (AvgIpc) is 3.53. The molecule has 0 radical (unpaired) electrons. The molecule has 0 fully saturated rings. The monoisotopic (exact) mass is 638 g/mol. The Morgan fingerprint density at radius 2 is 0.920 bits per heavy atom. The Morgan fingerprint density at radius 1 is 0.380 bits per heavy atom. The fourth-order valence-corrected chi connectivity index (χ4v) is 7.44. The second-order valence-corrected chi connectivity index (χ2v) is 12.8. The second kappa shape index (κ2) is 11.5. The van der Waals surface area contributed by atoms with Crippen molar-refractivity contribution in [2.45, 2.75) is 0 Å². The van der Waals surface area contributed by atoms with Crippen molar-refractivity contribution in [2.24, 2.45) is 0 Å². The lowest BCUT2D eigenvalue weighted by Gasteiger charge is -2.26. The van der Waals surface area contributed by atoms with E-state index in [-0.39, 0.29) is 0 Å². The van der Waals surface area contributed by atoms with Gasteiger partial charge in [0.15, 0.2) is 5.58 Å². The van der Waals surface area contributed by atoms with E-state index in [2.05, 4.69) is 175 Å². The summed E-state index contributed by atoms with van der Waals surface area (Å²) in [5.41, 5.74) is 11.3. The Hall–Kier alpha value is -6.71. The van der Waals surface area contributed by atoms with Crippen LogP contribution in [0.15, 0.2) is 186 Å². The van der Waals surface area contributed by atoms with Crippen molar-refractivity contribution in [3.63, 3.8) is 0 Å². The molecule has 0 N–H and O–H groups in total. The summed E-state index contributed by atoms with van der Waals surface area (Å²) in [6, 6.07) is 64.7. The molecule has 2 heterocycles. The van der Waals surface area contributed by atoms with Crippen LogP contribution in [-0.2, 0) is 0 Å². The molecular weight excluding hydrogens is 609 g/mol. The molecule has 0 amide bonds. The highest BCUT2D eigenvalue weighted by atomic mass is 16.3. The molecule has 3 nitrogen and oxygen atoms in total. The summed E-state index contributed by atoms with van der Waals surface area (Å²) in [5, 5.41) is 7.00. The van der Waals surface area contributed by atoms with Crippen LogP contribution >= 0.6 is 0 Å². The van der Waals surface area contributed by atoms with Crippen LogP contribution in [0.3, 0.4) is 0 Å². The maximum Gasteiger partial charge on any atom is 0.154 e. The first-order valence-corrected chi connectivity index (χ1v) is 17.0. The van der Waals surface area contributed by atoms with Gasteiger partial charge in [-0.05, 0) is 92.3 Å². The molecule has 10 rings (SSSR count). The standard InChI is InChI=1S/C47H30N2O/c1-4-20-39-31(11-1)14-9-22-41(39)33-16-7-18-36(27-33)49(37-19-8-17-34(28-37)42-23-10-15-32-12-2-5-21-40(32)42)38-25-26-43-45(30-38)50-46-29-35-13-3-6-24-44(35)48-47(43)46/h1-30H. The van der Waals surface area contributed by atoms with Gasteiger partial charge in [0, 0.05) is 33.9 Å². The number of nitrogens with zero attached hydrogens (tertiary/aromatic N) is 2. The van der Waals surface area contributed by atoms with E-state index in [4.69, 9.17) is 9.40 Å². The summed E-state index contributed by atoms with van der Waals surface area (Å²) in [4.78, 5) is 7.32. The highest BCUT2D eigenvalue weighted by Crippen LogP contribution is 2.42. The number of fused-ring (bicyclic) bond motifs is 6. The zero-order chi connectivity index (χ0) is 33.0. The first-order valence-electron chi connectivity index (χ1n) is 17.0. The van der Waals surface area contributed by atoms with Crippen LogP contribution in [0, 0.1) is 0 Å². The number of rotatable bonds is 5. The van der Waals surface area contributed by atoms with Gasteiger partial charge in [0.05, 0.1) is 5.52 Å². The highest BCUT2D eigenvalue weighted by Gasteiger charge is 2.18. The zero-order valence-electron chi connectivity index (χ0n) is 27.1. The number of aromatic nitrogens is 1. The predicted molar refractivity (Wildman–Crippen MR) is 210 cm³/mol. The number of hydrogen-bond donors (Lipinski definition) is 0. The van der Waals surface area contributed by atoms with Crippen LogP contribution in [0.2, 0.25) is 0 Å². The zero-order valence-corrected chi connectivity index (χ0v) is 27.1. The van der Waals surface area contributed by atoms with E-state index in [9.17, 15) is 0 Å². The molecule has 0 saturated carbocycles. The van der Waals surface area contributed by atoms with Crippen LogP contribution in [0.1, 0.15) is 0 Å². The smallest absolute Gasteiger partial charge is 0.154 e. The maximum absolute atomic E-state index is 6.52. The molecule has 0 saturated heterocycles. The predicted octanol–water partition coefficient (Wildman–Crippen LogP) is 13.2. The minimum Gasteiger partial charge on any atom is -0.454 e. The molecule has 234 valence electrons. The Labute approximate surface area is 289 Å². The number of anilines is 3.